The van der Waals surface area contributed by atoms with Crippen molar-refractivity contribution in [3.05, 3.63) is 65.0 Å². The molecule has 0 bridgehead atoms. The summed E-state index contributed by atoms with van der Waals surface area (Å²) in [6.07, 6.45) is -1.31. The van der Waals surface area contributed by atoms with Crippen LogP contribution in [0, 0.1) is 23.1 Å². The number of β-amino-alcohol motifs (C(OH)–C–C–N with tert-alkyl or cyclic N) is 1. The topological polar surface area (TPSA) is 79.6 Å². The molecule has 202 valence electrons. The summed E-state index contributed by atoms with van der Waals surface area (Å²) < 4.78 is 53.4. The molecule has 10 heteroatoms. The number of benzene rings is 2. The van der Waals surface area contributed by atoms with E-state index < -0.39 is 29.7 Å². The van der Waals surface area contributed by atoms with E-state index in [2.05, 4.69) is 22.4 Å². The molecule has 4 atom stereocenters. The van der Waals surface area contributed by atoms with Crippen molar-refractivity contribution < 1.29 is 27.5 Å². The highest BCUT2D eigenvalue weighted by atomic mass is 19.4. The van der Waals surface area contributed by atoms with Gasteiger partial charge in [0.15, 0.2) is 0 Å². The molecule has 3 aliphatic rings. The Labute approximate surface area is 218 Å². The van der Waals surface area contributed by atoms with Crippen molar-refractivity contribution in [2.24, 2.45) is 5.92 Å². The Morgan fingerprint density at radius 1 is 1.24 bits per heavy atom. The zero-order chi connectivity index (χ0) is 27.1. The van der Waals surface area contributed by atoms with Gasteiger partial charge in [0.2, 0.25) is 0 Å². The molecule has 1 heterocycles. The van der Waals surface area contributed by atoms with Crippen molar-refractivity contribution >= 4 is 11.7 Å². The fourth-order valence-electron chi connectivity index (χ4n) is 6.28. The van der Waals surface area contributed by atoms with Crippen molar-refractivity contribution in [1.29, 1.82) is 5.26 Å². The summed E-state index contributed by atoms with van der Waals surface area (Å²) >= 11 is 0. The number of aliphatic hydroxyl groups is 1. The van der Waals surface area contributed by atoms with E-state index in [9.17, 15) is 32.7 Å². The molecule has 3 fully saturated rings. The van der Waals surface area contributed by atoms with Crippen LogP contribution in [0.5, 0.6) is 0 Å². The lowest BCUT2D eigenvalue weighted by molar-refractivity contribution is -0.139. The smallest absolute Gasteiger partial charge is 0.392 e. The average molecular weight is 531 g/mol. The van der Waals surface area contributed by atoms with Crippen molar-refractivity contribution in [2.45, 2.75) is 55.8 Å². The lowest BCUT2D eigenvalue weighted by Gasteiger charge is -2.37. The molecule has 0 aromatic heterocycles. The molecule has 2 saturated carbocycles. The van der Waals surface area contributed by atoms with Crippen LogP contribution in [0.2, 0.25) is 0 Å². The molecule has 0 spiro atoms. The predicted octanol–water partition coefficient (Wildman–Crippen LogP) is 5.13. The van der Waals surface area contributed by atoms with Gasteiger partial charge in [-0.05, 0) is 79.3 Å². The van der Waals surface area contributed by atoms with Crippen LogP contribution in [0.15, 0.2) is 42.5 Å². The Bertz CT molecular complexity index is 1250. The van der Waals surface area contributed by atoms with Gasteiger partial charge in [0.1, 0.15) is 5.82 Å². The number of amides is 2. The maximum absolute atomic E-state index is 13.8. The van der Waals surface area contributed by atoms with Gasteiger partial charge in [-0.25, -0.2) is 9.18 Å². The number of nitrogens with one attached hydrogen (secondary N) is 1. The number of urea groups is 1. The number of anilines is 1. The number of hydrogen-bond acceptors (Lipinski definition) is 4. The van der Waals surface area contributed by atoms with E-state index in [1.807, 2.05) is 12.1 Å². The van der Waals surface area contributed by atoms with Gasteiger partial charge in [-0.2, -0.15) is 18.4 Å². The molecule has 1 aliphatic heterocycles. The van der Waals surface area contributed by atoms with Crippen LogP contribution >= 0.6 is 0 Å². The quantitative estimate of drug-likeness (QED) is 0.508. The third kappa shape index (κ3) is 5.36. The van der Waals surface area contributed by atoms with Gasteiger partial charge in [0, 0.05) is 37.9 Å². The van der Waals surface area contributed by atoms with Crippen LogP contribution in [-0.2, 0) is 11.6 Å². The first-order valence-electron chi connectivity index (χ1n) is 12.9. The van der Waals surface area contributed by atoms with Gasteiger partial charge >= 0.3 is 12.2 Å². The number of hydrogen-bond donors (Lipinski definition) is 2. The second kappa shape index (κ2) is 10.2. The normalized spacial score (nSPS) is 26.9. The number of aliphatic hydroxyl groups excluding tert-OH is 1. The zero-order valence-electron chi connectivity index (χ0n) is 20.8. The summed E-state index contributed by atoms with van der Waals surface area (Å²) in [6, 6.07) is 11.7. The highest BCUT2D eigenvalue weighted by Crippen LogP contribution is 2.62. The fraction of sp³-hybridized carbons (Fsp3) is 0.500. The molecule has 2 amide bonds. The fourth-order valence-corrected chi connectivity index (χ4v) is 6.28. The van der Waals surface area contributed by atoms with Gasteiger partial charge in [-0.1, -0.05) is 12.1 Å². The second-order valence-corrected chi connectivity index (χ2v) is 10.7. The average Bonchev–Trinajstić information content (AvgIpc) is 3.49. The summed E-state index contributed by atoms with van der Waals surface area (Å²) in [5.74, 6) is -1.04. The molecule has 38 heavy (non-hydrogen) atoms. The van der Waals surface area contributed by atoms with Crippen molar-refractivity contribution in [1.82, 2.24) is 9.80 Å². The summed E-state index contributed by atoms with van der Waals surface area (Å²) in [5.41, 5.74) is 0.232. The number of nitrogens with zero attached hydrogens (tertiary/aromatic N) is 3. The van der Waals surface area contributed by atoms with E-state index in [-0.39, 0.29) is 17.1 Å². The van der Waals surface area contributed by atoms with E-state index in [0.717, 1.165) is 43.9 Å². The SMILES string of the molecule is N#Cc1cccc([C@]23CC[C@@H](N(CCN4CC[C@@H](O)C4)C(=O)Nc4ccc(F)c(C(F)(F)F)c4)CC2C3)c1. The largest absolute Gasteiger partial charge is 0.419 e. The van der Waals surface area contributed by atoms with Gasteiger partial charge in [-0.15, -0.1) is 0 Å². The van der Waals surface area contributed by atoms with Gasteiger partial charge in [0.25, 0.3) is 0 Å². The summed E-state index contributed by atoms with van der Waals surface area (Å²) in [6.45, 7) is 2.14. The number of rotatable bonds is 6. The standard InChI is InChI=1S/C28H30F4N4O2/c29-25-5-4-21(14-24(25)28(30,31)32)34-26(38)36(11-10-35-9-7-23(37)17-35)22-6-8-27(15-20(27)13-22)19-3-1-2-18(12-19)16-33/h1-5,12,14,20,22-23,37H,6-11,13,15,17H2,(H,34,38)/t20?,22-,23-,27-/m1/s1. The Morgan fingerprint density at radius 2 is 2.05 bits per heavy atom. The minimum absolute atomic E-state index is 0.00311. The number of halogens is 4. The number of carbonyl (C=O) groups is 1. The number of alkyl halides is 3. The molecule has 2 aliphatic carbocycles. The Morgan fingerprint density at radius 3 is 2.74 bits per heavy atom. The van der Waals surface area contributed by atoms with E-state index in [0.29, 0.717) is 49.7 Å². The van der Waals surface area contributed by atoms with Crippen LogP contribution in [0.4, 0.5) is 28.0 Å². The van der Waals surface area contributed by atoms with Crippen LogP contribution in [0.3, 0.4) is 0 Å². The first kappa shape index (κ1) is 26.4. The molecular formula is C28H30F4N4O2. The third-order valence-electron chi connectivity index (χ3n) is 8.41. The molecule has 2 aromatic carbocycles. The van der Waals surface area contributed by atoms with E-state index >= 15 is 0 Å². The van der Waals surface area contributed by atoms with Gasteiger partial charge < -0.3 is 15.3 Å². The van der Waals surface area contributed by atoms with Crippen molar-refractivity contribution in [2.75, 3.05) is 31.5 Å². The van der Waals surface area contributed by atoms with Crippen LogP contribution in [0.25, 0.3) is 0 Å². The Hall–Kier alpha value is -3.16. The first-order valence-corrected chi connectivity index (χ1v) is 12.9. The molecule has 2 aromatic rings. The minimum atomic E-state index is -4.87. The lowest BCUT2D eigenvalue weighted by Crippen LogP contribution is -2.48. The van der Waals surface area contributed by atoms with E-state index in [1.54, 1.807) is 11.0 Å². The number of likely N-dealkylation sites (tertiary alicyclic amines) is 1. The number of fused-ring (bicyclic) bond motifs is 1. The van der Waals surface area contributed by atoms with Crippen molar-refractivity contribution in [3.63, 3.8) is 0 Å². The minimum Gasteiger partial charge on any atom is -0.392 e. The van der Waals surface area contributed by atoms with E-state index in [4.69, 9.17) is 0 Å². The maximum atomic E-state index is 13.8. The van der Waals surface area contributed by atoms with E-state index in [1.165, 1.54) is 0 Å². The van der Waals surface area contributed by atoms with Crippen LogP contribution in [-0.4, -0.2) is 59.3 Å². The highest BCUT2D eigenvalue weighted by Gasteiger charge is 2.58. The van der Waals surface area contributed by atoms with Gasteiger partial charge in [-0.3, -0.25) is 4.90 Å². The Kier molecular flexibility index (Phi) is 7.09. The molecule has 2 N–H and O–H groups in total. The molecule has 5 rings (SSSR count). The summed E-state index contributed by atoms with van der Waals surface area (Å²) in [5, 5.41) is 21.7. The predicted molar refractivity (Wildman–Crippen MR) is 133 cm³/mol. The van der Waals surface area contributed by atoms with Crippen LogP contribution in [0.1, 0.15) is 48.8 Å². The molecule has 6 nitrogen and oxygen atoms in total. The van der Waals surface area contributed by atoms with Gasteiger partial charge in [0.05, 0.1) is 23.3 Å². The molecule has 1 saturated heterocycles. The highest BCUT2D eigenvalue weighted by molar-refractivity contribution is 5.89. The maximum Gasteiger partial charge on any atom is 0.419 e. The third-order valence-corrected chi connectivity index (χ3v) is 8.41. The Balaban J connectivity index is 1.32. The monoisotopic (exact) mass is 530 g/mol. The lowest BCUT2D eigenvalue weighted by atomic mass is 9.80. The molecule has 0 radical (unpaired) electrons. The number of carbonyl (C=O) groups excluding carboxylic acids is 1. The number of nitriles is 1. The summed E-state index contributed by atoms with van der Waals surface area (Å²) in [4.78, 5) is 17.2. The first-order chi connectivity index (χ1) is 18.1. The summed E-state index contributed by atoms with van der Waals surface area (Å²) in [7, 11) is 0. The molecule has 1 unspecified atom stereocenters. The van der Waals surface area contributed by atoms with Crippen molar-refractivity contribution in [3.8, 4) is 6.07 Å². The second-order valence-electron chi connectivity index (χ2n) is 10.7. The van der Waals surface area contributed by atoms with Crippen LogP contribution < -0.4 is 5.32 Å². The molecular weight excluding hydrogens is 500 g/mol. The zero-order valence-corrected chi connectivity index (χ0v) is 20.8.